The number of benzene rings is 1. The van der Waals surface area contributed by atoms with Gasteiger partial charge in [0.05, 0.1) is 12.4 Å². The lowest BCUT2D eigenvalue weighted by molar-refractivity contribution is 0.0690. The molecule has 0 atom stereocenters. The molecule has 0 bridgehead atoms. The first-order valence-electron chi connectivity index (χ1n) is 5.58. The molecular formula is C13H12ClN3O2. The Balaban J connectivity index is 2.20. The fourth-order valence-electron chi connectivity index (χ4n) is 1.61. The number of carboxylic acids is 1. The Morgan fingerprint density at radius 1 is 1.37 bits per heavy atom. The van der Waals surface area contributed by atoms with Crippen LogP contribution in [0.25, 0.3) is 0 Å². The Labute approximate surface area is 115 Å². The van der Waals surface area contributed by atoms with E-state index in [0.717, 1.165) is 5.56 Å². The van der Waals surface area contributed by atoms with Crippen LogP contribution in [0, 0.1) is 0 Å². The second kappa shape index (κ2) is 5.67. The van der Waals surface area contributed by atoms with Gasteiger partial charge in [-0.25, -0.2) is 9.78 Å². The highest BCUT2D eigenvalue weighted by Gasteiger charge is 2.10. The first-order valence-corrected chi connectivity index (χ1v) is 5.95. The van der Waals surface area contributed by atoms with Gasteiger partial charge in [-0.1, -0.05) is 29.8 Å². The Bertz CT molecular complexity index is 604. The fourth-order valence-corrected chi connectivity index (χ4v) is 1.80. The van der Waals surface area contributed by atoms with E-state index in [1.165, 1.54) is 12.4 Å². The minimum Gasteiger partial charge on any atom is -0.476 e. The maximum Gasteiger partial charge on any atom is 0.356 e. The van der Waals surface area contributed by atoms with Crippen LogP contribution in [0.2, 0.25) is 5.02 Å². The molecule has 6 heteroatoms. The molecule has 2 aromatic rings. The van der Waals surface area contributed by atoms with Gasteiger partial charge in [-0.2, -0.15) is 0 Å². The van der Waals surface area contributed by atoms with Crippen LogP contribution in [0.3, 0.4) is 0 Å². The van der Waals surface area contributed by atoms with Crippen molar-refractivity contribution < 1.29 is 9.90 Å². The van der Waals surface area contributed by atoms with Crippen molar-refractivity contribution >= 4 is 23.4 Å². The smallest absolute Gasteiger partial charge is 0.356 e. The minimum absolute atomic E-state index is 0.0801. The van der Waals surface area contributed by atoms with Gasteiger partial charge >= 0.3 is 5.97 Å². The van der Waals surface area contributed by atoms with Gasteiger partial charge in [0.15, 0.2) is 5.69 Å². The van der Waals surface area contributed by atoms with E-state index in [2.05, 4.69) is 9.97 Å². The molecule has 0 unspecified atom stereocenters. The third-order valence-corrected chi connectivity index (χ3v) is 2.97. The van der Waals surface area contributed by atoms with E-state index in [9.17, 15) is 4.79 Å². The maximum absolute atomic E-state index is 10.8. The molecule has 2 rings (SSSR count). The molecule has 1 aromatic heterocycles. The number of hydrogen-bond acceptors (Lipinski definition) is 4. The minimum atomic E-state index is -1.10. The SMILES string of the molecule is CN(Cc1ccccc1Cl)c1cncc(C(=O)O)n1. The molecule has 19 heavy (non-hydrogen) atoms. The predicted octanol–water partition coefficient (Wildman–Crippen LogP) is 2.46. The standard InChI is InChI=1S/C13H12ClN3O2/c1-17(8-9-4-2-3-5-10(9)14)12-7-15-6-11(16-12)13(18)19/h2-7H,8H2,1H3,(H,18,19). The summed E-state index contributed by atoms with van der Waals surface area (Å²) in [4.78, 5) is 20.5. The molecule has 0 saturated carbocycles. The molecule has 0 radical (unpaired) electrons. The van der Waals surface area contributed by atoms with Gasteiger partial charge in [-0.05, 0) is 11.6 Å². The maximum atomic E-state index is 10.8. The van der Waals surface area contributed by atoms with Crippen molar-refractivity contribution in [2.75, 3.05) is 11.9 Å². The van der Waals surface area contributed by atoms with Crippen molar-refractivity contribution in [3.8, 4) is 0 Å². The average Bonchev–Trinajstić information content (AvgIpc) is 2.41. The highest BCUT2D eigenvalue weighted by molar-refractivity contribution is 6.31. The number of aromatic carboxylic acids is 1. The van der Waals surface area contributed by atoms with Crippen LogP contribution in [0.15, 0.2) is 36.7 Å². The summed E-state index contributed by atoms with van der Waals surface area (Å²) in [5.41, 5.74) is 0.859. The van der Waals surface area contributed by atoms with E-state index in [0.29, 0.717) is 17.4 Å². The van der Waals surface area contributed by atoms with Crippen LogP contribution in [0.4, 0.5) is 5.82 Å². The van der Waals surface area contributed by atoms with Gasteiger partial charge in [0, 0.05) is 18.6 Å². The molecule has 0 aliphatic carbocycles. The number of rotatable bonds is 4. The third kappa shape index (κ3) is 3.20. The molecule has 1 N–H and O–H groups in total. The van der Waals surface area contributed by atoms with Crippen molar-refractivity contribution in [2.45, 2.75) is 6.54 Å². The number of halogens is 1. The Kier molecular flexibility index (Phi) is 3.97. The van der Waals surface area contributed by atoms with Gasteiger partial charge in [0.25, 0.3) is 0 Å². The number of carboxylic acid groups (broad SMARTS) is 1. The largest absolute Gasteiger partial charge is 0.476 e. The molecule has 0 aliphatic heterocycles. The number of anilines is 1. The highest BCUT2D eigenvalue weighted by Crippen LogP contribution is 2.19. The summed E-state index contributed by atoms with van der Waals surface area (Å²) in [6.45, 7) is 0.525. The summed E-state index contributed by atoms with van der Waals surface area (Å²) in [5.74, 6) is -0.611. The van der Waals surface area contributed by atoms with Gasteiger partial charge < -0.3 is 10.0 Å². The van der Waals surface area contributed by atoms with Crippen molar-refractivity contribution in [1.29, 1.82) is 0 Å². The normalized spacial score (nSPS) is 10.2. The number of hydrogen-bond donors (Lipinski definition) is 1. The van der Waals surface area contributed by atoms with Crippen LogP contribution in [-0.4, -0.2) is 28.1 Å². The van der Waals surface area contributed by atoms with E-state index in [1.807, 2.05) is 24.3 Å². The van der Waals surface area contributed by atoms with Crippen molar-refractivity contribution in [3.63, 3.8) is 0 Å². The molecule has 0 fully saturated rings. The van der Waals surface area contributed by atoms with Crippen LogP contribution < -0.4 is 4.90 Å². The molecule has 98 valence electrons. The Morgan fingerprint density at radius 2 is 2.11 bits per heavy atom. The van der Waals surface area contributed by atoms with Crippen LogP contribution in [0.5, 0.6) is 0 Å². The number of aromatic nitrogens is 2. The second-order valence-electron chi connectivity index (χ2n) is 4.02. The molecule has 0 amide bonds. The molecular weight excluding hydrogens is 266 g/mol. The molecule has 1 heterocycles. The third-order valence-electron chi connectivity index (χ3n) is 2.60. The quantitative estimate of drug-likeness (QED) is 0.930. The monoisotopic (exact) mass is 277 g/mol. The summed E-state index contributed by atoms with van der Waals surface area (Å²) >= 11 is 6.08. The zero-order valence-corrected chi connectivity index (χ0v) is 11.0. The van der Waals surface area contributed by atoms with Crippen molar-refractivity contribution in [3.05, 3.63) is 52.9 Å². The lowest BCUT2D eigenvalue weighted by Crippen LogP contribution is -2.19. The second-order valence-corrected chi connectivity index (χ2v) is 4.42. The summed E-state index contributed by atoms with van der Waals surface area (Å²) in [6, 6.07) is 7.47. The fraction of sp³-hybridized carbons (Fsp3) is 0.154. The average molecular weight is 278 g/mol. The number of carbonyl (C=O) groups is 1. The van der Waals surface area contributed by atoms with Crippen molar-refractivity contribution in [1.82, 2.24) is 9.97 Å². The van der Waals surface area contributed by atoms with E-state index < -0.39 is 5.97 Å². The van der Waals surface area contributed by atoms with Crippen LogP contribution >= 0.6 is 11.6 Å². The van der Waals surface area contributed by atoms with Gasteiger partial charge in [0.1, 0.15) is 5.82 Å². The van der Waals surface area contributed by atoms with E-state index in [1.54, 1.807) is 11.9 Å². The topological polar surface area (TPSA) is 66.3 Å². The molecule has 0 spiro atoms. The highest BCUT2D eigenvalue weighted by atomic mass is 35.5. The lowest BCUT2D eigenvalue weighted by Gasteiger charge is -2.18. The Morgan fingerprint density at radius 3 is 2.79 bits per heavy atom. The first-order chi connectivity index (χ1) is 9.08. The first kappa shape index (κ1) is 13.3. The van der Waals surface area contributed by atoms with Crippen LogP contribution in [-0.2, 0) is 6.54 Å². The summed E-state index contributed by atoms with van der Waals surface area (Å²) < 4.78 is 0. The van der Waals surface area contributed by atoms with Gasteiger partial charge in [0.2, 0.25) is 0 Å². The van der Waals surface area contributed by atoms with E-state index >= 15 is 0 Å². The summed E-state index contributed by atoms with van der Waals surface area (Å²) in [5, 5.41) is 9.55. The Hall–Kier alpha value is -2.14. The van der Waals surface area contributed by atoms with E-state index in [-0.39, 0.29) is 5.69 Å². The zero-order valence-electron chi connectivity index (χ0n) is 10.2. The predicted molar refractivity (Wildman–Crippen MR) is 72.6 cm³/mol. The lowest BCUT2D eigenvalue weighted by atomic mass is 10.2. The molecule has 0 saturated heterocycles. The van der Waals surface area contributed by atoms with Gasteiger partial charge in [-0.15, -0.1) is 0 Å². The summed E-state index contributed by atoms with van der Waals surface area (Å²) in [6.07, 6.45) is 2.73. The molecule has 1 aromatic carbocycles. The van der Waals surface area contributed by atoms with E-state index in [4.69, 9.17) is 16.7 Å². The number of nitrogens with zero attached hydrogens (tertiary/aromatic N) is 3. The zero-order chi connectivity index (χ0) is 13.8. The van der Waals surface area contributed by atoms with Crippen molar-refractivity contribution in [2.24, 2.45) is 0 Å². The molecule has 0 aliphatic rings. The molecule has 5 nitrogen and oxygen atoms in total. The van der Waals surface area contributed by atoms with Crippen LogP contribution in [0.1, 0.15) is 16.1 Å². The summed E-state index contributed by atoms with van der Waals surface area (Å²) in [7, 11) is 1.80. The van der Waals surface area contributed by atoms with Gasteiger partial charge in [-0.3, -0.25) is 4.98 Å².